The molecule has 0 aliphatic carbocycles. The standard InChI is InChI=1S/C18H14F3N3O3S/c1-12-2-8-15(9-3-12)28(26,27)24-11-16(22-23-24)17(25)10-13-4-6-14(7-5-13)18(19,20)21/h2-9,11H,10H2,1H3. The quantitative estimate of drug-likeness (QED) is 0.604. The highest BCUT2D eigenvalue weighted by atomic mass is 32.2. The second kappa shape index (κ2) is 7.19. The molecule has 0 saturated carbocycles. The predicted molar refractivity (Wildman–Crippen MR) is 93.3 cm³/mol. The topological polar surface area (TPSA) is 81.9 Å². The van der Waals surface area contributed by atoms with E-state index in [1.807, 2.05) is 6.92 Å². The normalized spacial score (nSPS) is 12.1. The predicted octanol–water partition coefficient (Wildman–Crippen LogP) is 3.27. The third-order valence-electron chi connectivity index (χ3n) is 3.97. The Kier molecular flexibility index (Phi) is 5.07. The summed E-state index contributed by atoms with van der Waals surface area (Å²) in [5.41, 5.74) is 0.202. The van der Waals surface area contributed by atoms with Gasteiger partial charge in [0.25, 0.3) is 10.0 Å². The van der Waals surface area contributed by atoms with Crippen LogP contribution in [0.3, 0.4) is 0 Å². The van der Waals surface area contributed by atoms with Crippen molar-refractivity contribution < 1.29 is 26.4 Å². The van der Waals surface area contributed by atoms with Crippen molar-refractivity contribution in [3.8, 4) is 0 Å². The van der Waals surface area contributed by atoms with E-state index in [-0.39, 0.29) is 17.0 Å². The molecule has 6 nitrogen and oxygen atoms in total. The number of carbonyl (C=O) groups is 1. The fraction of sp³-hybridized carbons (Fsp3) is 0.167. The van der Waals surface area contributed by atoms with Crippen LogP contribution in [0.4, 0.5) is 13.2 Å². The van der Waals surface area contributed by atoms with Crippen molar-refractivity contribution in [2.24, 2.45) is 0 Å². The first-order valence-electron chi connectivity index (χ1n) is 8.01. The molecule has 0 aliphatic rings. The molecule has 0 amide bonds. The van der Waals surface area contributed by atoms with Crippen LogP contribution < -0.4 is 0 Å². The largest absolute Gasteiger partial charge is 0.416 e. The lowest BCUT2D eigenvalue weighted by Gasteiger charge is -2.06. The molecule has 0 bridgehead atoms. The Morgan fingerprint density at radius 2 is 1.64 bits per heavy atom. The summed E-state index contributed by atoms with van der Waals surface area (Å²) in [6.45, 7) is 1.81. The monoisotopic (exact) mass is 409 g/mol. The molecule has 3 aromatic rings. The number of Topliss-reactive ketones (excluding diaryl/α,β-unsaturated/α-hetero) is 1. The zero-order valence-corrected chi connectivity index (χ0v) is 15.3. The van der Waals surface area contributed by atoms with Gasteiger partial charge in [0.2, 0.25) is 0 Å². The van der Waals surface area contributed by atoms with Crippen LogP contribution >= 0.6 is 0 Å². The summed E-state index contributed by atoms with van der Waals surface area (Å²) < 4.78 is 63.4. The van der Waals surface area contributed by atoms with Crippen molar-refractivity contribution in [2.75, 3.05) is 0 Å². The second-order valence-electron chi connectivity index (χ2n) is 6.09. The number of benzene rings is 2. The van der Waals surface area contributed by atoms with E-state index in [1.54, 1.807) is 12.1 Å². The summed E-state index contributed by atoms with van der Waals surface area (Å²) in [5.74, 6) is -0.565. The number of carbonyl (C=O) groups excluding carboxylic acids is 1. The van der Waals surface area contributed by atoms with E-state index in [0.29, 0.717) is 9.65 Å². The molecule has 2 aromatic carbocycles. The van der Waals surface area contributed by atoms with Gasteiger partial charge in [-0.3, -0.25) is 4.79 Å². The lowest BCUT2D eigenvalue weighted by molar-refractivity contribution is -0.137. The minimum absolute atomic E-state index is 0.00950. The lowest BCUT2D eigenvalue weighted by atomic mass is 10.1. The summed E-state index contributed by atoms with van der Waals surface area (Å²) in [5, 5.41) is 7.09. The summed E-state index contributed by atoms with van der Waals surface area (Å²) in [4.78, 5) is 12.3. The summed E-state index contributed by atoms with van der Waals surface area (Å²) in [7, 11) is -4.00. The van der Waals surface area contributed by atoms with E-state index in [1.165, 1.54) is 24.3 Å². The highest BCUT2D eigenvalue weighted by molar-refractivity contribution is 7.89. The number of aromatic nitrogens is 3. The molecule has 3 rings (SSSR count). The average molecular weight is 409 g/mol. The fourth-order valence-electron chi connectivity index (χ4n) is 2.40. The van der Waals surface area contributed by atoms with Crippen molar-refractivity contribution in [3.05, 3.63) is 77.1 Å². The molecule has 0 fully saturated rings. The minimum atomic E-state index is -4.46. The Hall–Kier alpha value is -3.01. The van der Waals surface area contributed by atoms with Crippen molar-refractivity contribution >= 4 is 15.8 Å². The lowest BCUT2D eigenvalue weighted by Crippen LogP contribution is -2.13. The maximum atomic E-state index is 12.6. The Morgan fingerprint density at radius 1 is 1.04 bits per heavy atom. The summed E-state index contributed by atoms with van der Waals surface area (Å²) in [6.07, 6.45) is -3.71. The Morgan fingerprint density at radius 3 is 2.21 bits per heavy atom. The molecule has 10 heteroatoms. The molecule has 0 spiro atoms. The highest BCUT2D eigenvalue weighted by Gasteiger charge is 2.30. The molecule has 0 unspecified atom stereocenters. The Labute approximate surface area is 158 Å². The zero-order chi connectivity index (χ0) is 20.5. The van der Waals surface area contributed by atoms with E-state index in [4.69, 9.17) is 0 Å². The Balaban J connectivity index is 1.78. The first-order chi connectivity index (χ1) is 13.1. The molecule has 0 radical (unpaired) electrons. The van der Waals surface area contributed by atoms with E-state index < -0.39 is 27.5 Å². The van der Waals surface area contributed by atoms with Gasteiger partial charge in [0.05, 0.1) is 16.7 Å². The van der Waals surface area contributed by atoms with Crippen LogP contribution in [0.25, 0.3) is 0 Å². The van der Waals surface area contributed by atoms with Crippen LogP contribution in [0.1, 0.15) is 27.2 Å². The molecule has 0 atom stereocenters. The van der Waals surface area contributed by atoms with Gasteiger partial charge in [-0.1, -0.05) is 35.0 Å². The van der Waals surface area contributed by atoms with Gasteiger partial charge in [-0.2, -0.15) is 21.6 Å². The minimum Gasteiger partial charge on any atom is -0.292 e. The van der Waals surface area contributed by atoms with Gasteiger partial charge in [-0.25, -0.2) is 0 Å². The number of hydrogen-bond donors (Lipinski definition) is 0. The van der Waals surface area contributed by atoms with Gasteiger partial charge in [-0.15, -0.1) is 9.19 Å². The molecule has 28 heavy (non-hydrogen) atoms. The number of ketones is 1. The molecular formula is C18H14F3N3O3S. The molecule has 0 saturated heterocycles. The molecule has 0 N–H and O–H groups in total. The average Bonchev–Trinajstić information content (AvgIpc) is 3.13. The van der Waals surface area contributed by atoms with Gasteiger partial charge in [0.1, 0.15) is 5.69 Å². The van der Waals surface area contributed by atoms with Crippen molar-refractivity contribution in [2.45, 2.75) is 24.4 Å². The van der Waals surface area contributed by atoms with E-state index >= 15 is 0 Å². The van der Waals surface area contributed by atoms with Crippen molar-refractivity contribution in [3.63, 3.8) is 0 Å². The highest BCUT2D eigenvalue weighted by Crippen LogP contribution is 2.29. The van der Waals surface area contributed by atoms with Crippen LogP contribution in [-0.4, -0.2) is 28.6 Å². The number of nitrogens with zero attached hydrogens (tertiary/aromatic N) is 3. The fourth-order valence-corrected chi connectivity index (χ4v) is 3.47. The first-order valence-corrected chi connectivity index (χ1v) is 9.45. The second-order valence-corrected chi connectivity index (χ2v) is 7.88. The van der Waals surface area contributed by atoms with E-state index in [0.717, 1.165) is 23.9 Å². The number of aryl methyl sites for hydroxylation is 1. The van der Waals surface area contributed by atoms with Gasteiger partial charge in [0, 0.05) is 6.42 Å². The summed E-state index contributed by atoms with van der Waals surface area (Å²) in [6, 6.07) is 10.2. The number of halogens is 3. The molecule has 1 heterocycles. The van der Waals surface area contributed by atoms with Gasteiger partial charge < -0.3 is 0 Å². The third kappa shape index (κ3) is 4.11. The SMILES string of the molecule is Cc1ccc(S(=O)(=O)n2cc(C(=O)Cc3ccc(C(F)(F)F)cc3)nn2)cc1. The zero-order valence-electron chi connectivity index (χ0n) is 14.5. The van der Waals surface area contributed by atoms with Crippen LogP contribution in [0, 0.1) is 6.92 Å². The van der Waals surface area contributed by atoms with Crippen molar-refractivity contribution in [1.82, 2.24) is 14.4 Å². The van der Waals surface area contributed by atoms with Gasteiger partial charge in [-0.05, 0) is 36.8 Å². The first kappa shape index (κ1) is 19.7. The molecule has 1 aromatic heterocycles. The smallest absolute Gasteiger partial charge is 0.292 e. The Bertz CT molecular complexity index is 1100. The molecule has 0 aliphatic heterocycles. The number of rotatable bonds is 5. The third-order valence-corrected chi connectivity index (χ3v) is 5.51. The van der Waals surface area contributed by atoms with E-state index in [2.05, 4.69) is 10.3 Å². The molecular weight excluding hydrogens is 395 g/mol. The van der Waals surface area contributed by atoms with Crippen LogP contribution in [0.5, 0.6) is 0 Å². The van der Waals surface area contributed by atoms with Gasteiger partial charge in [0.15, 0.2) is 5.78 Å². The van der Waals surface area contributed by atoms with Gasteiger partial charge >= 0.3 is 6.18 Å². The van der Waals surface area contributed by atoms with Crippen LogP contribution in [0.2, 0.25) is 0 Å². The number of alkyl halides is 3. The maximum absolute atomic E-state index is 12.6. The van der Waals surface area contributed by atoms with E-state index in [9.17, 15) is 26.4 Å². The summed E-state index contributed by atoms with van der Waals surface area (Å²) >= 11 is 0. The van der Waals surface area contributed by atoms with Crippen molar-refractivity contribution in [1.29, 1.82) is 0 Å². The number of hydrogen-bond acceptors (Lipinski definition) is 5. The van der Waals surface area contributed by atoms with Crippen LogP contribution in [0.15, 0.2) is 59.6 Å². The molecule has 146 valence electrons. The van der Waals surface area contributed by atoms with Crippen LogP contribution in [-0.2, 0) is 22.6 Å². The maximum Gasteiger partial charge on any atom is 0.416 e.